The summed E-state index contributed by atoms with van der Waals surface area (Å²) in [5.74, 6) is 0. The standard InChI is InChI=1S/C16H22ClN5O2S2/c1-2-11-5-3-4-8-22(11)15(18)13-7-6-12(9-14(13)17)26(23,24)21-16-19-10-20-25-16/h6-7,9-11,15H,2-5,8,18H2,1H3,(H,19,20,21)/t11-,15+/m0/s1. The number of nitrogens with two attached hydrogens (primary N) is 1. The summed E-state index contributed by atoms with van der Waals surface area (Å²) in [4.78, 5) is 6.16. The van der Waals surface area contributed by atoms with Crippen LogP contribution >= 0.6 is 23.1 Å². The van der Waals surface area contributed by atoms with Crippen LogP contribution in [0.3, 0.4) is 0 Å². The van der Waals surface area contributed by atoms with Crippen molar-refractivity contribution in [2.45, 2.75) is 49.7 Å². The highest BCUT2D eigenvalue weighted by atomic mass is 35.5. The Labute approximate surface area is 162 Å². The molecule has 0 bridgehead atoms. The van der Waals surface area contributed by atoms with Gasteiger partial charge in [-0.05, 0) is 31.4 Å². The van der Waals surface area contributed by atoms with Gasteiger partial charge < -0.3 is 5.73 Å². The number of likely N-dealkylation sites (tertiary alicyclic amines) is 1. The van der Waals surface area contributed by atoms with E-state index in [1.807, 2.05) is 0 Å². The molecule has 7 nitrogen and oxygen atoms in total. The van der Waals surface area contributed by atoms with Crippen molar-refractivity contribution < 1.29 is 8.42 Å². The summed E-state index contributed by atoms with van der Waals surface area (Å²) < 4.78 is 31.1. The number of nitrogens with zero attached hydrogens (tertiary/aromatic N) is 3. The Balaban J connectivity index is 1.83. The molecule has 1 aromatic carbocycles. The zero-order chi connectivity index (χ0) is 18.7. The second-order valence-corrected chi connectivity index (χ2v) is 9.15. The van der Waals surface area contributed by atoms with Crippen molar-refractivity contribution in [3.8, 4) is 0 Å². The maximum absolute atomic E-state index is 12.5. The highest BCUT2D eigenvalue weighted by Crippen LogP contribution is 2.32. The fourth-order valence-corrected chi connectivity index (χ4v) is 5.36. The van der Waals surface area contributed by atoms with Gasteiger partial charge in [-0.2, -0.15) is 4.37 Å². The number of rotatable bonds is 6. The number of sulfonamides is 1. The normalized spacial score (nSPS) is 20.0. The van der Waals surface area contributed by atoms with Gasteiger partial charge in [0, 0.05) is 34.7 Å². The lowest BCUT2D eigenvalue weighted by atomic mass is 9.98. The molecule has 1 aliphatic heterocycles. The number of hydrogen-bond acceptors (Lipinski definition) is 7. The quantitative estimate of drug-likeness (QED) is 0.751. The molecule has 2 heterocycles. The smallest absolute Gasteiger partial charge is 0.263 e. The monoisotopic (exact) mass is 415 g/mol. The van der Waals surface area contributed by atoms with Crippen molar-refractivity contribution in [1.29, 1.82) is 0 Å². The maximum atomic E-state index is 12.5. The predicted molar refractivity (Wildman–Crippen MR) is 104 cm³/mol. The Morgan fingerprint density at radius 2 is 2.27 bits per heavy atom. The molecule has 1 fully saturated rings. The molecule has 0 unspecified atom stereocenters. The average Bonchev–Trinajstić information content (AvgIpc) is 3.13. The molecule has 3 rings (SSSR count). The minimum atomic E-state index is -3.77. The summed E-state index contributed by atoms with van der Waals surface area (Å²) in [5.41, 5.74) is 7.20. The number of aromatic nitrogens is 2. The summed E-state index contributed by atoms with van der Waals surface area (Å²) in [5, 5.41) is 0.555. The number of anilines is 1. The predicted octanol–water partition coefficient (Wildman–Crippen LogP) is 3.21. The summed E-state index contributed by atoms with van der Waals surface area (Å²) in [6.07, 6.45) is 5.43. The lowest BCUT2D eigenvalue weighted by molar-refractivity contribution is 0.0941. The van der Waals surface area contributed by atoms with E-state index in [2.05, 4.69) is 25.9 Å². The number of hydrogen-bond donors (Lipinski definition) is 2. The van der Waals surface area contributed by atoms with Crippen LogP contribution in [0.2, 0.25) is 5.02 Å². The first-order chi connectivity index (χ1) is 12.4. The van der Waals surface area contributed by atoms with Gasteiger partial charge >= 0.3 is 0 Å². The fraction of sp³-hybridized carbons (Fsp3) is 0.500. The Morgan fingerprint density at radius 3 is 2.92 bits per heavy atom. The van der Waals surface area contributed by atoms with Crippen molar-refractivity contribution in [2.75, 3.05) is 11.3 Å². The van der Waals surface area contributed by atoms with E-state index in [0.717, 1.165) is 42.9 Å². The SMILES string of the molecule is CC[C@H]1CCCCN1[C@@H](N)c1ccc(S(=O)(=O)Nc2ncns2)cc1Cl. The van der Waals surface area contributed by atoms with Crippen LogP contribution in [-0.2, 0) is 10.0 Å². The van der Waals surface area contributed by atoms with Gasteiger partial charge in [-0.25, -0.2) is 13.4 Å². The molecule has 1 aromatic heterocycles. The van der Waals surface area contributed by atoms with Gasteiger partial charge in [-0.15, -0.1) is 0 Å². The van der Waals surface area contributed by atoms with Crippen LogP contribution < -0.4 is 10.5 Å². The van der Waals surface area contributed by atoms with Gasteiger partial charge in [0.25, 0.3) is 10.0 Å². The van der Waals surface area contributed by atoms with Crippen LogP contribution in [0.25, 0.3) is 0 Å². The fourth-order valence-electron chi connectivity index (χ4n) is 3.31. The van der Waals surface area contributed by atoms with E-state index in [4.69, 9.17) is 17.3 Å². The zero-order valence-electron chi connectivity index (χ0n) is 14.4. The van der Waals surface area contributed by atoms with Crippen LogP contribution in [0, 0.1) is 0 Å². The molecule has 142 valence electrons. The lowest BCUT2D eigenvalue weighted by Crippen LogP contribution is -2.45. The maximum Gasteiger partial charge on any atom is 0.263 e. The molecule has 0 amide bonds. The van der Waals surface area contributed by atoms with Gasteiger partial charge in [-0.3, -0.25) is 9.62 Å². The summed E-state index contributed by atoms with van der Waals surface area (Å²) in [6.45, 7) is 3.08. The van der Waals surface area contributed by atoms with Gasteiger partial charge in [-0.1, -0.05) is 31.0 Å². The van der Waals surface area contributed by atoms with Crippen molar-refractivity contribution in [3.63, 3.8) is 0 Å². The molecular formula is C16H22ClN5O2S2. The van der Waals surface area contributed by atoms with E-state index in [-0.39, 0.29) is 16.2 Å². The number of halogens is 1. The van der Waals surface area contributed by atoms with Crippen molar-refractivity contribution in [1.82, 2.24) is 14.3 Å². The van der Waals surface area contributed by atoms with Gasteiger partial charge in [0.2, 0.25) is 5.13 Å². The van der Waals surface area contributed by atoms with Gasteiger partial charge in [0.1, 0.15) is 6.33 Å². The van der Waals surface area contributed by atoms with E-state index >= 15 is 0 Å². The third kappa shape index (κ3) is 4.17. The van der Waals surface area contributed by atoms with Crippen molar-refractivity contribution >= 4 is 38.3 Å². The summed E-state index contributed by atoms with van der Waals surface area (Å²) in [6, 6.07) is 5.08. The first-order valence-corrected chi connectivity index (χ1v) is 11.2. The van der Waals surface area contributed by atoms with Gasteiger partial charge in [0.05, 0.1) is 11.1 Å². The van der Waals surface area contributed by atoms with Crippen LogP contribution in [0.5, 0.6) is 0 Å². The van der Waals surface area contributed by atoms with E-state index in [1.165, 1.54) is 24.9 Å². The van der Waals surface area contributed by atoms with E-state index in [0.29, 0.717) is 11.1 Å². The molecule has 1 aliphatic rings. The Kier molecular flexibility index (Phi) is 6.13. The van der Waals surface area contributed by atoms with Crippen molar-refractivity contribution in [2.24, 2.45) is 5.73 Å². The minimum absolute atomic E-state index is 0.0688. The molecular weight excluding hydrogens is 394 g/mol. The number of piperidine rings is 1. The Hall–Kier alpha value is -1.26. The molecule has 0 aliphatic carbocycles. The molecule has 0 radical (unpaired) electrons. The number of nitrogens with one attached hydrogen (secondary N) is 1. The lowest BCUT2D eigenvalue weighted by Gasteiger charge is -2.39. The van der Waals surface area contributed by atoms with Crippen molar-refractivity contribution in [3.05, 3.63) is 35.1 Å². The molecule has 10 heteroatoms. The third-order valence-corrected chi connectivity index (χ3v) is 7.06. The average molecular weight is 416 g/mol. The van der Waals surface area contributed by atoms with Crippen LogP contribution in [0.15, 0.2) is 29.4 Å². The highest BCUT2D eigenvalue weighted by Gasteiger charge is 2.28. The molecule has 0 spiro atoms. The molecule has 3 N–H and O–H groups in total. The second kappa shape index (κ2) is 8.18. The first-order valence-electron chi connectivity index (χ1n) is 8.52. The zero-order valence-corrected chi connectivity index (χ0v) is 16.8. The van der Waals surface area contributed by atoms with E-state index in [1.54, 1.807) is 6.07 Å². The summed E-state index contributed by atoms with van der Waals surface area (Å²) >= 11 is 7.37. The Morgan fingerprint density at radius 1 is 1.46 bits per heavy atom. The highest BCUT2D eigenvalue weighted by molar-refractivity contribution is 7.93. The van der Waals surface area contributed by atoms with Crippen LogP contribution in [0.4, 0.5) is 5.13 Å². The minimum Gasteiger partial charge on any atom is -0.312 e. The Bertz CT molecular complexity index is 844. The second-order valence-electron chi connectivity index (χ2n) is 6.28. The largest absolute Gasteiger partial charge is 0.312 e. The topological polar surface area (TPSA) is 101 Å². The first kappa shape index (κ1) is 19.5. The number of benzene rings is 1. The third-order valence-electron chi connectivity index (χ3n) is 4.69. The molecule has 2 aromatic rings. The van der Waals surface area contributed by atoms with E-state index < -0.39 is 10.0 Å². The van der Waals surface area contributed by atoms with Crippen LogP contribution in [0.1, 0.15) is 44.3 Å². The van der Waals surface area contributed by atoms with Crippen LogP contribution in [-0.4, -0.2) is 35.3 Å². The molecule has 2 atom stereocenters. The van der Waals surface area contributed by atoms with E-state index in [9.17, 15) is 8.42 Å². The molecule has 26 heavy (non-hydrogen) atoms. The molecule has 1 saturated heterocycles. The molecule has 0 saturated carbocycles. The summed E-state index contributed by atoms with van der Waals surface area (Å²) in [7, 11) is -3.77. The van der Waals surface area contributed by atoms with Gasteiger partial charge in [0.15, 0.2) is 0 Å².